The molecule has 4 heteroatoms. The first kappa shape index (κ1) is 9.48. The fourth-order valence-electron chi connectivity index (χ4n) is 1.42. The first-order valence-electron chi connectivity index (χ1n) is 4.35. The summed E-state index contributed by atoms with van der Waals surface area (Å²) >= 11 is 0. The number of nitrogens with two attached hydrogens (primary N) is 1. The molecule has 3 atom stereocenters. The summed E-state index contributed by atoms with van der Waals surface area (Å²) in [4.78, 5) is 11.1. The van der Waals surface area contributed by atoms with Crippen LogP contribution in [0.3, 0.4) is 0 Å². The van der Waals surface area contributed by atoms with Crippen LogP contribution in [0.25, 0.3) is 0 Å². The molecule has 0 aromatic carbocycles. The van der Waals surface area contributed by atoms with Crippen molar-refractivity contribution in [3.05, 3.63) is 0 Å². The molecular weight excluding hydrogens is 156 g/mol. The Morgan fingerprint density at radius 1 is 1.67 bits per heavy atom. The lowest BCUT2D eigenvalue weighted by molar-refractivity contribution is -0.123. The van der Waals surface area contributed by atoms with Gasteiger partial charge in [0.1, 0.15) is 0 Å². The lowest BCUT2D eigenvalue weighted by atomic mass is 10.2. The van der Waals surface area contributed by atoms with Crippen molar-refractivity contribution in [1.82, 2.24) is 5.32 Å². The van der Waals surface area contributed by atoms with Gasteiger partial charge in [0.25, 0.3) is 0 Å². The van der Waals surface area contributed by atoms with Crippen molar-refractivity contribution in [2.24, 2.45) is 5.73 Å². The maximum absolute atomic E-state index is 11.1. The Labute approximate surface area is 72.1 Å². The van der Waals surface area contributed by atoms with E-state index < -0.39 is 6.04 Å². The number of hydrogen-bond acceptors (Lipinski definition) is 3. The molecule has 0 heterocycles. The Kier molecular flexibility index (Phi) is 3.05. The summed E-state index contributed by atoms with van der Waals surface area (Å²) in [5.41, 5.74) is 5.37. The van der Waals surface area contributed by atoms with Crippen LogP contribution in [0.15, 0.2) is 0 Å². The number of rotatable bonds is 2. The number of amides is 1. The first-order valence-corrected chi connectivity index (χ1v) is 4.35. The number of hydrogen-bond donors (Lipinski definition) is 3. The smallest absolute Gasteiger partial charge is 0.236 e. The van der Waals surface area contributed by atoms with E-state index in [9.17, 15) is 9.90 Å². The molecule has 2 unspecified atom stereocenters. The number of carbonyl (C=O) groups is 1. The molecule has 0 saturated heterocycles. The highest BCUT2D eigenvalue weighted by Gasteiger charge is 2.26. The van der Waals surface area contributed by atoms with E-state index in [1.54, 1.807) is 6.92 Å². The SMILES string of the molecule is C[C@@H](N)C(=O)NC1CCCC1O. The van der Waals surface area contributed by atoms with Gasteiger partial charge >= 0.3 is 0 Å². The summed E-state index contributed by atoms with van der Waals surface area (Å²) in [5.74, 6) is -0.180. The summed E-state index contributed by atoms with van der Waals surface area (Å²) in [6, 6.07) is -0.568. The lowest BCUT2D eigenvalue weighted by Gasteiger charge is -2.17. The third-order valence-corrected chi connectivity index (χ3v) is 2.22. The van der Waals surface area contributed by atoms with Gasteiger partial charge in [-0.15, -0.1) is 0 Å². The van der Waals surface area contributed by atoms with E-state index in [2.05, 4.69) is 5.32 Å². The van der Waals surface area contributed by atoms with Crippen molar-refractivity contribution in [1.29, 1.82) is 0 Å². The van der Waals surface area contributed by atoms with Crippen molar-refractivity contribution < 1.29 is 9.90 Å². The minimum absolute atomic E-state index is 0.0801. The second kappa shape index (κ2) is 3.87. The molecule has 0 bridgehead atoms. The summed E-state index contributed by atoms with van der Waals surface area (Å²) in [6.45, 7) is 1.64. The first-order chi connectivity index (χ1) is 5.61. The van der Waals surface area contributed by atoms with Crippen molar-refractivity contribution in [2.45, 2.75) is 44.4 Å². The Morgan fingerprint density at radius 3 is 2.75 bits per heavy atom. The molecule has 12 heavy (non-hydrogen) atoms. The summed E-state index contributed by atoms with van der Waals surface area (Å²) in [5, 5.41) is 12.1. The fraction of sp³-hybridized carbons (Fsp3) is 0.875. The minimum atomic E-state index is -0.488. The molecule has 1 aliphatic rings. The number of nitrogens with one attached hydrogen (secondary N) is 1. The molecule has 0 aromatic rings. The van der Waals surface area contributed by atoms with Crippen LogP contribution >= 0.6 is 0 Å². The maximum Gasteiger partial charge on any atom is 0.236 e. The molecule has 70 valence electrons. The van der Waals surface area contributed by atoms with Crippen LogP contribution in [0, 0.1) is 0 Å². The van der Waals surface area contributed by atoms with Gasteiger partial charge in [-0.2, -0.15) is 0 Å². The maximum atomic E-state index is 11.1. The van der Waals surface area contributed by atoms with Crippen LogP contribution in [-0.4, -0.2) is 29.2 Å². The Hall–Kier alpha value is -0.610. The predicted molar refractivity (Wildman–Crippen MR) is 45.4 cm³/mol. The van der Waals surface area contributed by atoms with E-state index in [0.717, 1.165) is 19.3 Å². The van der Waals surface area contributed by atoms with Gasteiger partial charge in [0, 0.05) is 0 Å². The normalized spacial score (nSPS) is 31.6. The van der Waals surface area contributed by atoms with E-state index in [4.69, 9.17) is 5.73 Å². The highest BCUT2D eigenvalue weighted by atomic mass is 16.3. The van der Waals surface area contributed by atoms with E-state index >= 15 is 0 Å². The molecule has 1 amide bonds. The van der Waals surface area contributed by atoms with Crippen LogP contribution in [0.1, 0.15) is 26.2 Å². The van der Waals surface area contributed by atoms with Crippen LogP contribution in [0.4, 0.5) is 0 Å². The van der Waals surface area contributed by atoms with Gasteiger partial charge in [0.05, 0.1) is 18.2 Å². The quantitative estimate of drug-likeness (QED) is 0.519. The van der Waals surface area contributed by atoms with Crippen molar-refractivity contribution >= 4 is 5.91 Å². The molecule has 1 aliphatic carbocycles. The van der Waals surface area contributed by atoms with Gasteiger partial charge in [0.2, 0.25) is 5.91 Å². The second-order valence-electron chi connectivity index (χ2n) is 3.40. The molecule has 1 saturated carbocycles. The number of aliphatic hydroxyl groups is 1. The average molecular weight is 172 g/mol. The molecule has 1 rings (SSSR count). The summed E-state index contributed by atoms with van der Waals surface area (Å²) in [7, 11) is 0. The van der Waals surface area contributed by atoms with Crippen molar-refractivity contribution in [3.8, 4) is 0 Å². The molecule has 0 radical (unpaired) electrons. The van der Waals surface area contributed by atoms with Gasteiger partial charge < -0.3 is 16.2 Å². The van der Waals surface area contributed by atoms with Crippen LogP contribution in [-0.2, 0) is 4.79 Å². The standard InChI is InChI=1S/C8H16N2O2/c1-5(9)8(12)10-6-3-2-4-7(6)11/h5-7,11H,2-4,9H2,1H3,(H,10,12)/t5-,6?,7?/m1/s1. The zero-order valence-electron chi connectivity index (χ0n) is 7.29. The Bertz CT molecular complexity index is 170. The van der Waals surface area contributed by atoms with Crippen molar-refractivity contribution in [3.63, 3.8) is 0 Å². The molecule has 1 fully saturated rings. The van der Waals surface area contributed by atoms with Gasteiger partial charge in [-0.05, 0) is 26.2 Å². The van der Waals surface area contributed by atoms with Crippen molar-refractivity contribution in [2.75, 3.05) is 0 Å². The van der Waals surface area contributed by atoms with E-state index in [-0.39, 0.29) is 18.1 Å². The molecule has 0 spiro atoms. The number of aliphatic hydroxyl groups excluding tert-OH is 1. The Balaban J connectivity index is 2.35. The van der Waals surface area contributed by atoms with E-state index in [1.165, 1.54) is 0 Å². The molecule has 0 aliphatic heterocycles. The third-order valence-electron chi connectivity index (χ3n) is 2.22. The monoisotopic (exact) mass is 172 g/mol. The zero-order chi connectivity index (χ0) is 9.14. The summed E-state index contributed by atoms with van der Waals surface area (Å²) < 4.78 is 0. The minimum Gasteiger partial charge on any atom is -0.391 e. The summed E-state index contributed by atoms with van der Waals surface area (Å²) in [6.07, 6.45) is 2.24. The molecular formula is C8H16N2O2. The van der Waals surface area contributed by atoms with Crippen LogP contribution in [0.5, 0.6) is 0 Å². The largest absolute Gasteiger partial charge is 0.391 e. The van der Waals surface area contributed by atoms with Gasteiger partial charge in [0.15, 0.2) is 0 Å². The van der Waals surface area contributed by atoms with E-state index in [0.29, 0.717) is 0 Å². The molecule has 0 aromatic heterocycles. The zero-order valence-corrected chi connectivity index (χ0v) is 7.29. The second-order valence-corrected chi connectivity index (χ2v) is 3.40. The highest BCUT2D eigenvalue weighted by molar-refractivity contribution is 5.81. The topological polar surface area (TPSA) is 75.4 Å². The van der Waals surface area contributed by atoms with Gasteiger partial charge in [-0.3, -0.25) is 4.79 Å². The fourth-order valence-corrected chi connectivity index (χ4v) is 1.42. The predicted octanol–water partition coefficient (Wildman–Crippen LogP) is -0.637. The molecule has 4 nitrogen and oxygen atoms in total. The van der Waals surface area contributed by atoms with Crippen LogP contribution < -0.4 is 11.1 Å². The lowest BCUT2D eigenvalue weighted by Crippen LogP contribution is -2.46. The van der Waals surface area contributed by atoms with E-state index in [1.807, 2.05) is 0 Å². The van der Waals surface area contributed by atoms with Crippen LogP contribution in [0.2, 0.25) is 0 Å². The highest BCUT2D eigenvalue weighted by Crippen LogP contribution is 2.18. The molecule has 4 N–H and O–H groups in total. The average Bonchev–Trinajstić information content (AvgIpc) is 2.36. The van der Waals surface area contributed by atoms with Gasteiger partial charge in [-0.1, -0.05) is 0 Å². The Morgan fingerprint density at radius 2 is 2.33 bits per heavy atom. The number of carbonyl (C=O) groups excluding carboxylic acids is 1. The van der Waals surface area contributed by atoms with Gasteiger partial charge in [-0.25, -0.2) is 0 Å². The third kappa shape index (κ3) is 2.19.